The largest absolute Gasteiger partial charge is 0.383 e. The molecule has 0 unspecified atom stereocenters. The van der Waals surface area contributed by atoms with Gasteiger partial charge in [-0.3, -0.25) is 4.79 Å². The smallest absolute Gasteiger partial charge is 0.249 e. The summed E-state index contributed by atoms with van der Waals surface area (Å²) in [5, 5.41) is 15.6. The Balaban J connectivity index is 1.82. The second-order valence-corrected chi connectivity index (χ2v) is 4.07. The molecule has 1 aliphatic rings. The van der Waals surface area contributed by atoms with Crippen LogP contribution in [0.25, 0.3) is 0 Å². The van der Waals surface area contributed by atoms with Gasteiger partial charge in [0.2, 0.25) is 5.91 Å². The Hall–Kier alpha value is -1.39. The number of carbonyl (C=O) groups is 1. The first kappa shape index (κ1) is 11.1. The molecule has 1 saturated heterocycles. The highest BCUT2D eigenvalue weighted by atomic mass is 16.3. The summed E-state index contributed by atoms with van der Waals surface area (Å²) in [6.07, 6.45) is -0.588. The van der Waals surface area contributed by atoms with Crippen molar-refractivity contribution < 1.29 is 9.90 Å². The molecule has 1 aliphatic heterocycles. The van der Waals surface area contributed by atoms with Gasteiger partial charge in [0, 0.05) is 19.5 Å². The fourth-order valence-corrected chi connectivity index (χ4v) is 1.62. The van der Waals surface area contributed by atoms with Crippen molar-refractivity contribution in [1.82, 2.24) is 10.6 Å². The number of nitrogens with one attached hydrogen (secondary N) is 2. The summed E-state index contributed by atoms with van der Waals surface area (Å²) in [6, 6.07) is 9.70. The molecule has 0 bridgehead atoms. The van der Waals surface area contributed by atoms with E-state index in [0.29, 0.717) is 6.42 Å². The standard InChI is InChI=1S/C12H16N2O2/c15-11(6-9-4-2-1-3-5-9)12(16)14-10-7-13-8-10/h1-5,10-11,13,15H,6-8H2,(H,14,16)/t11-/m0/s1. The van der Waals surface area contributed by atoms with Gasteiger partial charge < -0.3 is 15.7 Å². The molecule has 16 heavy (non-hydrogen) atoms. The fraction of sp³-hybridized carbons (Fsp3) is 0.417. The first-order valence-corrected chi connectivity index (χ1v) is 5.49. The molecular weight excluding hydrogens is 204 g/mol. The third-order valence-electron chi connectivity index (χ3n) is 2.70. The van der Waals surface area contributed by atoms with Gasteiger partial charge in [0.25, 0.3) is 0 Å². The summed E-state index contributed by atoms with van der Waals surface area (Å²) in [5.74, 6) is -0.282. The molecule has 1 aromatic rings. The van der Waals surface area contributed by atoms with E-state index in [1.807, 2.05) is 30.3 Å². The maximum Gasteiger partial charge on any atom is 0.249 e. The highest BCUT2D eigenvalue weighted by molar-refractivity contribution is 5.81. The lowest BCUT2D eigenvalue weighted by molar-refractivity contribution is -0.130. The van der Waals surface area contributed by atoms with Crippen molar-refractivity contribution in [2.75, 3.05) is 13.1 Å². The number of carbonyl (C=O) groups excluding carboxylic acids is 1. The van der Waals surface area contributed by atoms with Gasteiger partial charge in [0.1, 0.15) is 6.10 Å². The summed E-state index contributed by atoms with van der Waals surface area (Å²) < 4.78 is 0. The van der Waals surface area contributed by atoms with Gasteiger partial charge in [-0.05, 0) is 5.56 Å². The van der Waals surface area contributed by atoms with Gasteiger partial charge in [0.15, 0.2) is 0 Å². The van der Waals surface area contributed by atoms with Gasteiger partial charge >= 0.3 is 0 Å². The van der Waals surface area contributed by atoms with Gasteiger partial charge in [-0.25, -0.2) is 0 Å². The van der Waals surface area contributed by atoms with E-state index < -0.39 is 6.10 Å². The highest BCUT2D eigenvalue weighted by Crippen LogP contribution is 2.03. The number of benzene rings is 1. The normalized spacial score (nSPS) is 17.6. The van der Waals surface area contributed by atoms with Crippen LogP contribution >= 0.6 is 0 Å². The van der Waals surface area contributed by atoms with E-state index in [4.69, 9.17) is 0 Å². The summed E-state index contributed by atoms with van der Waals surface area (Å²) >= 11 is 0. The number of aliphatic hydroxyl groups excluding tert-OH is 1. The van der Waals surface area contributed by atoms with E-state index in [1.165, 1.54) is 0 Å². The number of hydrogen-bond acceptors (Lipinski definition) is 3. The molecule has 4 heteroatoms. The van der Waals surface area contributed by atoms with Crippen LogP contribution in [0.1, 0.15) is 5.56 Å². The van der Waals surface area contributed by atoms with Crippen molar-refractivity contribution in [3.63, 3.8) is 0 Å². The Morgan fingerprint density at radius 2 is 2.12 bits per heavy atom. The molecule has 0 spiro atoms. The minimum absolute atomic E-state index is 0.179. The van der Waals surface area contributed by atoms with E-state index in [1.54, 1.807) is 0 Å². The zero-order valence-corrected chi connectivity index (χ0v) is 9.02. The molecule has 3 N–H and O–H groups in total. The van der Waals surface area contributed by atoms with Crippen LogP contribution in [-0.2, 0) is 11.2 Å². The van der Waals surface area contributed by atoms with Crippen molar-refractivity contribution in [2.24, 2.45) is 0 Å². The first-order valence-electron chi connectivity index (χ1n) is 5.49. The van der Waals surface area contributed by atoms with Gasteiger partial charge in [-0.2, -0.15) is 0 Å². The molecule has 0 aromatic heterocycles. The Kier molecular flexibility index (Phi) is 3.54. The number of hydrogen-bond donors (Lipinski definition) is 3. The number of rotatable bonds is 4. The fourth-order valence-electron chi connectivity index (χ4n) is 1.62. The second kappa shape index (κ2) is 5.09. The molecule has 1 amide bonds. The Labute approximate surface area is 94.7 Å². The minimum Gasteiger partial charge on any atom is -0.383 e. The van der Waals surface area contributed by atoms with E-state index in [0.717, 1.165) is 18.7 Å². The Morgan fingerprint density at radius 3 is 2.69 bits per heavy atom. The van der Waals surface area contributed by atoms with Crippen LogP contribution in [0.15, 0.2) is 30.3 Å². The van der Waals surface area contributed by atoms with Crippen molar-refractivity contribution in [3.05, 3.63) is 35.9 Å². The zero-order chi connectivity index (χ0) is 11.4. The van der Waals surface area contributed by atoms with Crippen LogP contribution in [0.4, 0.5) is 0 Å². The molecule has 0 radical (unpaired) electrons. The van der Waals surface area contributed by atoms with Crippen LogP contribution in [0.3, 0.4) is 0 Å². The summed E-state index contributed by atoms with van der Waals surface area (Å²) in [6.45, 7) is 1.59. The van der Waals surface area contributed by atoms with Crippen LogP contribution < -0.4 is 10.6 Å². The predicted molar refractivity (Wildman–Crippen MR) is 61.0 cm³/mol. The molecule has 1 heterocycles. The molecule has 2 rings (SSSR count). The highest BCUT2D eigenvalue weighted by Gasteiger charge is 2.22. The molecule has 0 aliphatic carbocycles. The number of aliphatic hydroxyl groups is 1. The van der Waals surface area contributed by atoms with Crippen molar-refractivity contribution in [2.45, 2.75) is 18.6 Å². The van der Waals surface area contributed by atoms with Gasteiger partial charge in [-0.15, -0.1) is 0 Å². The number of amides is 1. The lowest BCUT2D eigenvalue weighted by Gasteiger charge is -2.28. The SMILES string of the molecule is O=C(NC1CNC1)[C@@H](O)Cc1ccccc1. The predicted octanol–water partition coefficient (Wildman–Crippen LogP) is -0.322. The Bertz CT molecular complexity index is 349. The van der Waals surface area contributed by atoms with E-state index >= 15 is 0 Å². The maximum atomic E-state index is 11.6. The summed E-state index contributed by atoms with van der Waals surface area (Å²) in [4.78, 5) is 11.6. The third-order valence-corrected chi connectivity index (χ3v) is 2.70. The summed E-state index contributed by atoms with van der Waals surface area (Å²) in [7, 11) is 0. The van der Waals surface area contributed by atoms with Crippen molar-refractivity contribution in [3.8, 4) is 0 Å². The molecular formula is C12H16N2O2. The average molecular weight is 220 g/mol. The quantitative estimate of drug-likeness (QED) is 0.651. The van der Waals surface area contributed by atoms with E-state index in [2.05, 4.69) is 10.6 Å². The zero-order valence-electron chi connectivity index (χ0n) is 9.02. The van der Waals surface area contributed by atoms with Gasteiger partial charge in [-0.1, -0.05) is 30.3 Å². The maximum absolute atomic E-state index is 11.6. The average Bonchev–Trinajstić information content (AvgIpc) is 2.24. The van der Waals surface area contributed by atoms with Crippen molar-refractivity contribution >= 4 is 5.91 Å². The van der Waals surface area contributed by atoms with Crippen LogP contribution in [0, 0.1) is 0 Å². The van der Waals surface area contributed by atoms with Crippen LogP contribution in [0.5, 0.6) is 0 Å². The van der Waals surface area contributed by atoms with E-state index in [-0.39, 0.29) is 11.9 Å². The van der Waals surface area contributed by atoms with Gasteiger partial charge in [0.05, 0.1) is 6.04 Å². The molecule has 86 valence electrons. The lowest BCUT2D eigenvalue weighted by atomic mass is 10.1. The molecule has 1 aromatic carbocycles. The van der Waals surface area contributed by atoms with E-state index in [9.17, 15) is 9.90 Å². The first-order chi connectivity index (χ1) is 7.75. The minimum atomic E-state index is -0.956. The molecule has 0 saturated carbocycles. The monoisotopic (exact) mass is 220 g/mol. The topological polar surface area (TPSA) is 61.4 Å². The molecule has 1 fully saturated rings. The molecule has 4 nitrogen and oxygen atoms in total. The van der Waals surface area contributed by atoms with Crippen LogP contribution in [0.2, 0.25) is 0 Å². The Morgan fingerprint density at radius 1 is 1.44 bits per heavy atom. The third kappa shape index (κ3) is 2.81. The van der Waals surface area contributed by atoms with Crippen molar-refractivity contribution in [1.29, 1.82) is 0 Å². The summed E-state index contributed by atoms with van der Waals surface area (Å²) in [5.41, 5.74) is 0.969. The van der Waals surface area contributed by atoms with Crippen LogP contribution in [-0.4, -0.2) is 36.2 Å². The second-order valence-electron chi connectivity index (χ2n) is 4.07. The lowest BCUT2D eigenvalue weighted by Crippen LogP contribution is -2.58. The molecule has 1 atom stereocenters.